The van der Waals surface area contributed by atoms with Gasteiger partial charge in [0.15, 0.2) is 0 Å². The third-order valence-electron chi connectivity index (χ3n) is 7.30. The van der Waals surface area contributed by atoms with Gasteiger partial charge < -0.3 is 18.9 Å². The fourth-order valence-corrected chi connectivity index (χ4v) is 5.67. The number of alkyl halides is 4. The zero-order valence-corrected chi connectivity index (χ0v) is 28.7. The Kier molecular flexibility index (Phi) is 10.4. The summed E-state index contributed by atoms with van der Waals surface area (Å²) in [6.07, 6.45) is 0.225. The van der Waals surface area contributed by atoms with Crippen LogP contribution in [0.15, 0.2) is 66.9 Å². The molecule has 2 amide bonds. The van der Waals surface area contributed by atoms with Crippen molar-refractivity contribution in [2.75, 3.05) is 19.6 Å². The van der Waals surface area contributed by atoms with Crippen LogP contribution in [0.3, 0.4) is 0 Å². The third kappa shape index (κ3) is 9.50. The van der Waals surface area contributed by atoms with E-state index >= 15 is 4.39 Å². The summed E-state index contributed by atoms with van der Waals surface area (Å²) in [7, 11) is 0. The van der Waals surface area contributed by atoms with Crippen LogP contribution in [0.5, 0.6) is 0 Å². The molecule has 1 fully saturated rings. The summed E-state index contributed by atoms with van der Waals surface area (Å²) in [4.78, 5) is 34.2. The first kappa shape index (κ1) is 34.9. The molecule has 0 radical (unpaired) electrons. The molecule has 0 aliphatic carbocycles. The molecule has 0 bridgehead atoms. The molecule has 244 valence electrons. The summed E-state index contributed by atoms with van der Waals surface area (Å²) < 4.78 is 27.0. The number of benzene rings is 2. The predicted octanol–water partition coefficient (Wildman–Crippen LogP) is 8.80. The van der Waals surface area contributed by atoms with Crippen LogP contribution in [-0.2, 0) is 16.0 Å². The molecule has 0 spiro atoms. The van der Waals surface area contributed by atoms with Crippen molar-refractivity contribution < 1.29 is 23.5 Å². The predicted molar refractivity (Wildman–Crippen MR) is 175 cm³/mol. The molecule has 1 aliphatic heterocycles. The number of nitrogens with zero attached hydrogens (tertiary/aromatic N) is 4. The van der Waals surface area contributed by atoms with Crippen molar-refractivity contribution in [3.05, 3.63) is 78.2 Å². The summed E-state index contributed by atoms with van der Waals surface area (Å²) in [6, 6.07) is 18.6. The van der Waals surface area contributed by atoms with E-state index in [1.807, 2.05) is 92.2 Å². The van der Waals surface area contributed by atoms with Gasteiger partial charge in [0, 0.05) is 31.3 Å². The minimum Gasteiger partial charge on any atom is -0.444 e. The van der Waals surface area contributed by atoms with E-state index in [2.05, 4.69) is 0 Å². The van der Waals surface area contributed by atoms with Gasteiger partial charge >= 0.3 is 16.2 Å². The standard InChI is InChI=1S/C33H40Cl3FN4O4/c1-30(2,3)26(27-38-25(24-15-11-8-12-16-24)20-40(27)19-23-13-9-7-10-14-23)41(29(43)45-33(34,35)36)22-32(37)17-18-39(21-32)28(42)44-31(4,5)6/h7-16,20,26H,17-19,21-22H2,1-6H3/t26-,32?/m0/s1. The molecule has 2 atom stereocenters. The van der Waals surface area contributed by atoms with E-state index in [1.54, 1.807) is 20.8 Å². The van der Waals surface area contributed by atoms with Crippen molar-refractivity contribution in [1.29, 1.82) is 0 Å². The molecule has 2 aromatic carbocycles. The average molecular weight is 682 g/mol. The Morgan fingerprint density at radius 1 is 0.978 bits per heavy atom. The molecule has 4 rings (SSSR count). The molecular weight excluding hydrogens is 642 g/mol. The van der Waals surface area contributed by atoms with Crippen LogP contribution in [0.1, 0.15) is 65.4 Å². The highest BCUT2D eigenvalue weighted by molar-refractivity contribution is 6.66. The number of carbonyl (C=O) groups is 2. The minimum absolute atomic E-state index is 0.0334. The quantitative estimate of drug-likeness (QED) is 0.233. The summed E-state index contributed by atoms with van der Waals surface area (Å²) in [5.74, 6) is 0.497. The molecule has 3 aromatic rings. The van der Waals surface area contributed by atoms with E-state index < -0.39 is 45.4 Å². The van der Waals surface area contributed by atoms with Crippen molar-refractivity contribution in [2.24, 2.45) is 5.41 Å². The number of hydrogen-bond acceptors (Lipinski definition) is 5. The Hall–Kier alpha value is -3.01. The molecule has 8 nitrogen and oxygen atoms in total. The molecule has 12 heteroatoms. The number of hydrogen-bond donors (Lipinski definition) is 0. The van der Waals surface area contributed by atoms with E-state index in [0.717, 1.165) is 11.1 Å². The maximum atomic E-state index is 16.8. The molecule has 1 aliphatic rings. The SMILES string of the molecule is CC(C)(C)OC(=O)N1CCC(F)(CN(C(=O)OC(Cl)(Cl)Cl)[C@@H](c2nc(-c3ccccc3)cn2Cc2ccccc2)C(C)(C)C)C1. The summed E-state index contributed by atoms with van der Waals surface area (Å²) in [5.41, 5.74) is -0.907. The highest BCUT2D eigenvalue weighted by Gasteiger charge is 2.49. The first-order valence-corrected chi connectivity index (χ1v) is 15.9. The second kappa shape index (κ2) is 13.4. The number of amides is 2. The Bertz CT molecular complexity index is 1470. The fraction of sp³-hybridized carbons (Fsp3) is 0.485. The van der Waals surface area contributed by atoms with E-state index in [4.69, 9.17) is 49.3 Å². The second-order valence-electron chi connectivity index (χ2n) is 13.5. The number of aromatic nitrogens is 2. The molecule has 1 saturated heterocycles. The van der Waals surface area contributed by atoms with Gasteiger partial charge in [-0.1, -0.05) is 81.4 Å². The monoisotopic (exact) mass is 680 g/mol. The van der Waals surface area contributed by atoms with Crippen LogP contribution in [0.2, 0.25) is 0 Å². The van der Waals surface area contributed by atoms with Crippen LogP contribution in [-0.4, -0.2) is 66.4 Å². The zero-order valence-electron chi connectivity index (χ0n) is 26.4. The van der Waals surface area contributed by atoms with Gasteiger partial charge in [0.05, 0.1) is 24.8 Å². The van der Waals surface area contributed by atoms with Crippen molar-refractivity contribution >= 4 is 47.0 Å². The van der Waals surface area contributed by atoms with E-state index in [-0.39, 0.29) is 19.5 Å². The van der Waals surface area contributed by atoms with Gasteiger partial charge in [-0.05, 0) is 66.6 Å². The number of imidazole rings is 1. The third-order valence-corrected chi connectivity index (χ3v) is 7.53. The summed E-state index contributed by atoms with van der Waals surface area (Å²) >= 11 is 17.7. The Morgan fingerprint density at radius 2 is 1.58 bits per heavy atom. The van der Waals surface area contributed by atoms with Crippen LogP contribution >= 0.6 is 34.8 Å². The number of carbonyl (C=O) groups excluding carboxylic acids is 2. The van der Waals surface area contributed by atoms with Crippen molar-refractivity contribution in [3.8, 4) is 11.3 Å². The van der Waals surface area contributed by atoms with Gasteiger partial charge in [0.2, 0.25) is 0 Å². The van der Waals surface area contributed by atoms with Crippen molar-refractivity contribution in [2.45, 2.75) is 75.8 Å². The van der Waals surface area contributed by atoms with Gasteiger partial charge in [0.25, 0.3) is 0 Å². The first-order chi connectivity index (χ1) is 20.8. The zero-order chi connectivity index (χ0) is 33.2. The van der Waals surface area contributed by atoms with Crippen molar-refractivity contribution in [1.82, 2.24) is 19.4 Å². The van der Waals surface area contributed by atoms with Crippen LogP contribution < -0.4 is 0 Å². The first-order valence-electron chi connectivity index (χ1n) is 14.7. The van der Waals surface area contributed by atoms with Gasteiger partial charge in [-0.25, -0.2) is 19.0 Å². The summed E-state index contributed by atoms with van der Waals surface area (Å²) in [5, 5.41) is 0. The lowest BCUT2D eigenvalue weighted by molar-refractivity contribution is 0.00831. The lowest BCUT2D eigenvalue weighted by Crippen LogP contribution is -2.51. The van der Waals surface area contributed by atoms with Gasteiger partial charge in [0.1, 0.15) is 17.1 Å². The maximum absolute atomic E-state index is 16.8. The molecule has 0 saturated carbocycles. The average Bonchev–Trinajstić information content (AvgIpc) is 3.51. The van der Waals surface area contributed by atoms with E-state index in [1.165, 1.54) is 9.80 Å². The van der Waals surface area contributed by atoms with E-state index in [9.17, 15) is 9.59 Å². The summed E-state index contributed by atoms with van der Waals surface area (Å²) in [6.45, 7) is 10.8. The Labute approximate surface area is 279 Å². The molecule has 1 unspecified atom stereocenters. The number of likely N-dealkylation sites (tertiary alicyclic amines) is 1. The van der Waals surface area contributed by atoms with Crippen LogP contribution in [0.4, 0.5) is 14.0 Å². The Balaban J connectivity index is 1.79. The topological polar surface area (TPSA) is 76.9 Å². The number of halogens is 4. The van der Waals surface area contributed by atoms with Gasteiger partial charge in [-0.2, -0.15) is 0 Å². The highest BCUT2D eigenvalue weighted by atomic mass is 35.6. The number of rotatable bonds is 7. The lowest BCUT2D eigenvalue weighted by atomic mass is 9.84. The van der Waals surface area contributed by atoms with Gasteiger partial charge in [-0.15, -0.1) is 0 Å². The largest absolute Gasteiger partial charge is 0.444 e. The maximum Gasteiger partial charge on any atom is 0.414 e. The molecule has 1 aromatic heterocycles. The molecule has 45 heavy (non-hydrogen) atoms. The van der Waals surface area contributed by atoms with Crippen LogP contribution in [0, 0.1) is 5.41 Å². The van der Waals surface area contributed by atoms with E-state index in [0.29, 0.717) is 18.1 Å². The normalized spacial score (nSPS) is 18.0. The second-order valence-corrected chi connectivity index (χ2v) is 15.7. The minimum atomic E-state index is -2.39. The lowest BCUT2D eigenvalue weighted by Gasteiger charge is -2.41. The van der Waals surface area contributed by atoms with Crippen LogP contribution in [0.25, 0.3) is 11.3 Å². The molecule has 2 heterocycles. The van der Waals surface area contributed by atoms with Gasteiger partial charge in [-0.3, -0.25) is 4.90 Å². The number of ether oxygens (including phenoxy) is 2. The smallest absolute Gasteiger partial charge is 0.414 e. The molecule has 0 N–H and O–H groups in total. The highest BCUT2D eigenvalue weighted by Crippen LogP contribution is 2.42. The van der Waals surface area contributed by atoms with Crippen molar-refractivity contribution in [3.63, 3.8) is 0 Å². The Morgan fingerprint density at radius 3 is 2.13 bits per heavy atom. The molecular formula is C33H40Cl3FN4O4. The fourth-order valence-electron chi connectivity index (χ4n) is 5.47.